The largest absolute Gasteiger partial charge is 0.433 e. The molecule has 0 N–H and O–H groups in total. The number of alkyl halides is 3. The summed E-state index contributed by atoms with van der Waals surface area (Å²) in [7, 11) is 1.71. The average molecular weight is 292 g/mol. The van der Waals surface area contributed by atoms with Gasteiger partial charge >= 0.3 is 6.18 Å². The molecule has 0 atom stereocenters. The van der Waals surface area contributed by atoms with E-state index in [1.807, 2.05) is 6.07 Å². The van der Waals surface area contributed by atoms with E-state index < -0.39 is 11.9 Å². The van der Waals surface area contributed by atoms with Crippen LogP contribution in [0.15, 0.2) is 36.5 Å². The fraction of sp³-hybridized carbons (Fsp3) is 0.200. The van der Waals surface area contributed by atoms with Crippen molar-refractivity contribution in [3.8, 4) is 11.1 Å². The Morgan fingerprint density at radius 1 is 1.14 bits per heavy atom. The van der Waals surface area contributed by atoms with Gasteiger partial charge in [-0.3, -0.25) is 9.78 Å². The first kappa shape index (κ1) is 13.6. The number of benzene rings is 1. The quantitative estimate of drug-likeness (QED) is 0.807. The lowest BCUT2D eigenvalue weighted by atomic mass is 10.0. The molecule has 0 unspecified atom stereocenters. The summed E-state index contributed by atoms with van der Waals surface area (Å²) in [6, 6.07) is 7.59. The van der Waals surface area contributed by atoms with Crippen molar-refractivity contribution >= 4 is 5.91 Å². The van der Waals surface area contributed by atoms with Crippen LogP contribution in [0.4, 0.5) is 13.2 Å². The van der Waals surface area contributed by atoms with Gasteiger partial charge in [0.2, 0.25) is 0 Å². The molecule has 0 saturated carbocycles. The molecule has 0 fully saturated rings. The molecule has 0 spiro atoms. The average Bonchev–Trinajstić information content (AvgIpc) is 2.73. The van der Waals surface area contributed by atoms with Crippen LogP contribution in [0.3, 0.4) is 0 Å². The second kappa shape index (κ2) is 4.58. The van der Waals surface area contributed by atoms with Crippen LogP contribution < -0.4 is 0 Å². The van der Waals surface area contributed by atoms with Gasteiger partial charge in [0.05, 0.1) is 0 Å². The molecule has 3 rings (SSSR count). The standard InChI is InChI=1S/C15H11F3N2O/c1-20-8-11-6-9(2-4-12(11)14(20)21)10-3-5-13(19-7-10)15(16,17)18/h2-7H,8H2,1H3. The molecule has 0 radical (unpaired) electrons. The molecular weight excluding hydrogens is 281 g/mol. The molecule has 0 aliphatic carbocycles. The highest BCUT2D eigenvalue weighted by atomic mass is 19.4. The van der Waals surface area contributed by atoms with Gasteiger partial charge in [0.15, 0.2) is 0 Å². The van der Waals surface area contributed by atoms with Crippen molar-refractivity contribution in [3.63, 3.8) is 0 Å². The van der Waals surface area contributed by atoms with E-state index in [1.165, 1.54) is 12.3 Å². The Balaban J connectivity index is 1.96. The van der Waals surface area contributed by atoms with E-state index in [9.17, 15) is 18.0 Å². The van der Waals surface area contributed by atoms with Crippen LogP contribution >= 0.6 is 0 Å². The fourth-order valence-electron chi connectivity index (χ4n) is 2.38. The van der Waals surface area contributed by atoms with Crippen molar-refractivity contribution in [3.05, 3.63) is 53.3 Å². The maximum atomic E-state index is 12.5. The van der Waals surface area contributed by atoms with Gasteiger partial charge in [-0.2, -0.15) is 13.2 Å². The summed E-state index contributed by atoms with van der Waals surface area (Å²) in [5, 5.41) is 0. The first-order valence-corrected chi connectivity index (χ1v) is 6.28. The van der Waals surface area contributed by atoms with Crippen molar-refractivity contribution in [1.82, 2.24) is 9.88 Å². The summed E-state index contributed by atoms with van der Waals surface area (Å²) in [5.74, 6) is -0.0397. The van der Waals surface area contributed by atoms with Crippen molar-refractivity contribution in [2.45, 2.75) is 12.7 Å². The lowest BCUT2D eigenvalue weighted by Gasteiger charge is -2.07. The highest BCUT2D eigenvalue weighted by Crippen LogP contribution is 2.30. The minimum absolute atomic E-state index is 0.0397. The number of amides is 1. The maximum absolute atomic E-state index is 12.5. The second-order valence-electron chi connectivity index (χ2n) is 4.96. The molecule has 2 heterocycles. The summed E-state index contributed by atoms with van der Waals surface area (Å²) in [5.41, 5.74) is 1.94. The SMILES string of the molecule is CN1Cc2cc(-c3ccc(C(F)(F)F)nc3)ccc2C1=O. The minimum Gasteiger partial charge on any atom is -0.337 e. The van der Waals surface area contributed by atoms with Gasteiger partial charge in [0, 0.05) is 30.9 Å². The Hall–Kier alpha value is -2.37. The third-order valence-electron chi connectivity index (χ3n) is 3.48. The molecule has 1 aromatic carbocycles. The van der Waals surface area contributed by atoms with Crippen LogP contribution in [-0.2, 0) is 12.7 Å². The monoisotopic (exact) mass is 292 g/mol. The summed E-state index contributed by atoms with van der Waals surface area (Å²) in [6.45, 7) is 0.510. The summed E-state index contributed by atoms with van der Waals surface area (Å²) >= 11 is 0. The number of hydrogen-bond acceptors (Lipinski definition) is 2. The van der Waals surface area contributed by atoms with Gasteiger partial charge in [-0.1, -0.05) is 12.1 Å². The Morgan fingerprint density at radius 3 is 2.48 bits per heavy atom. The lowest BCUT2D eigenvalue weighted by molar-refractivity contribution is -0.141. The molecule has 1 aliphatic heterocycles. The summed E-state index contributed by atoms with van der Waals surface area (Å²) in [6.07, 6.45) is -3.24. The number of carbonyl (C=O) groups is 1. The van der Waals surface area contributed by atoms with Crippen LogP contribution in [0, 0.1) is 0 Å². The van der Waals surface area contributed by atoms with Crippen LogP contribution in [0.2, 0.25) is 0 Å². The van der Waals surface area contributed by atoms with E-state index in [0.717, 1.165) is 17.2 Å². The van der Waals surface area contributed by atoms with Crippen LogP contribution in [-0.4, -0.2) is 22.8 Å². The third-order valence-corrected chi connectivity index (χ3v) is 3.48. The van der Waals surface area contributed by atoms with Gasteiger partial charge in [-0.15, -0.1) is 0 Å². The predicted octanol–water partition coefficient (Wildman–Crippen LogP) is 3.35. The molecule has 0 bridgehead atoms. The number of hydrogen-bond donors (Lipinski definition) is 0. The molecule has 108 valence electrons. The predicted molar refractivity (Wildman–Crippen MR) is 70.5 cm³/mol. The molecule has 1 amide bonds. The Kier molecular flexibility index (Phi) is 2.97. The number of aromatic nitrogens is 1. The molecule has 3 nitrogen and oxygen atoms in total. The number of rotatable bonds is 1. The van der Waals surface area contributed by atoms with E-state index >= 15 is 0 Å². The molecular formula is C15H11F3N2O. The Morgan fingerprint density at radius 2 is 1.86 bits per heavy atom. The molecule has 6 heteroatoms. The maximum Gasteiger partial charge on any atom is 0.433 e. The first-order chi connectivity index (χ1) is 9.86. The zero-order valence-corrected chi connectivity index (χ0v) is 11.1. The number of pyridine rings is 1. The van der Waals surface area contributed by atoms with Crippen LogP contribution in [0.5, 0.6) is 0 Å². The number of nitrogens with zero attached hydrogens (tertiary/aromatic N) is 2. The Labute approximate surface area is 119 Å². The van der Waals surface area contributed by atoms with E-state index in [-0.39, 0.29) is 5.91 Å². The zero-order chi connectivity index (χ0) is 15.2. The van der Waals surface area contributed by atoms with E-state index in [0.29, 0.717) is 17.7 Å². The smallest absolute Gasteiger partial charge is 0.337 e. The van der Waals surface area contributed by atoms with E-state index in [1.54, 1.807) is 24.1 Å². The van der Waals surface area contributed by atoms with Crippen molar-refractivity contribution in [2.24, 2.45) is 0 Å². The van der Waals surface area contributed by atoms with Crippen molar-refractivity contribution in [1.29, 1.82) is 0 Å². The molecule has 1 aromatic heterocycles. The zero-order valence-electron chi connectivity index (χ0n) is 11.1. The fourth-order valence-corrected chi connectivity index (χ4v) is 2.38. The van der Waals surface area contributed by atoms with Crippen molar-refractivity contribution < 1.29 is 18.0 Å². The summed E-state index contributed by atoms with van der Waals surface area (Å²) in [4.78, 5) is 16.8. The van der Waals surface area contributed by atoms with Gasteiger partial charge in [-0.05, 0) is 29.3 Å². The highest BCUT2D eigenvalue weighted by molar-refractivity contribution is 5.98. The first-order valence-electron chi connectivity index (χ1n) is 6.28. The molecule has 21 heavy (non-hydrogen) atoms. The third kappa shape index (κ3) is 2.37. The van der Waals surface area contributed by atoms with Crippen LogP contribution in [0.25, 0.3) is 11.1 Å². The number of fused-ring (bicyclic) bond motifs is 1. The second-order valence-corrected chi connectivity index (χ2v) is 4.96. The van der Waals surface area contributed by atoms with E-state index in [2.05, 4.69) is 4.98 Å². The minimum atomic E-state index is -4.44. The Bertz CT molecular complexity index is 708. The van der Waals surface area contributed by atoms with Crippen molar-refractivity contribution in [2.75, 3.05) is 7.05 Å². The summed E-state index contributed by atoms with van der Waals surface area (Å²) < 4.78 is 37.4. The number of carbonyl (C=O) groups excluding carboxylic acids is 1. The van der Waals surface area contributed by atoms with Crippen LogP contribution in [0.1, 0.15) is 21.6 Å². The van der Waals surface area contributed by atoms with Gasteiger partial charge in [0.1, 0.15) is 5.69 Å². The lowest BCUT2D eigenvalue weighted by Crippen LogP contribution is -2.17. The van der Waals surface area contributed by atoms with Gasteiger partial charge in [0.25, 0.3) is 5.91 Å². The van der Waals surface area contributed by atoms with E-state index in [4.69, 9.17) is 0 Å². The number of halogens is 3. The molecule has 1 aliphatic rings. The van der Waals surface area contributed by atoms with Gasteiger partial charge < -0.3 is 4.90 Å². The highest BCUT2D eigenvalue weighted by Gasteiger charge is 2.32. The topological polar surface area (TPSA) is 33.2 Å². The van der Waals surface area contributed by atoms with Gasteiger partial charge in [-0.25, -0.2) is 0 Å². The normalized spacial score (nSPS) is 14.5. The molecule has 0 saturated heterocycles. The molecule has 2 aromatic rings.